The summed E-state index contributed by atoms with van der Waals surface area (Å²) >= 11 is 0. The van der Waals surface area contributed by atoms with Crippen molar-refractivity contribution in [3.8, 4) is 0 Å². The zero-order valence-electron chi connectivity index (χ0n) is 15.0. The van der Waals surface area contributed by atoms with E-state index in [1.54, 1.807) is 12.1 Å². The van der Waals surface area contributed by atoms with Gasteiger partial charge in [0, 0.05) is 5.69 Å². The monoisotopic (exact) mass is 370 g/mol. The molecule has 4 rings (SSSR count). The first kappa shape index (κ1) is 17.6. The number of fused-ring (bicyclic) bond motifs is 1. The molecule has 2 N–H and O–H groups in total. The van der Waals surface area contributed by atoms with Gasteiger partial charge in [0.1, 0.15) is 0 Å². The molecule has 0 atom stereocenters. The van der Waals surface area contributed by atoms with E-state index in [2.05, 4.69) is 16.1 Å². The quantitative estimate of drug-likeness (QED) is 0.860. The van der Waals surface area contributed by atoms with E-state index in [0.29, 0.717) is 16.5 Å². The third-order valence-corrected chi connectivity index (χ3v) is 7.00. The molecule has 138 valence electrons. The topological polar surface area (TPSA) is 58.2 Å². The lowest BCUT2D eigenvalue weighted by Crippen LogP contribution is -2.26. The van der Waals surface area contributed by atoms with Crippen molar-refractivity contribution >= 4 is 15.7 Å². The zero-order chi connectivity index (χ0) is 18.0. The van der Waals surface area contributed by atoms with Gasteiger partial charge >= 0.3 is 0 Å². The van der Waals surface area contributed by atoms with Gasteiger partial charge < -0.3 is 5.32 Å². The van der Waals surface area contributed by atoms with Crippen LogP contribution in [0.1, 0.15) is 48.3 Å². The number of piperidine rings is 1. The second-order valence-corrected chi connectivity index (χ2v) is 9.07. The Kier molecular flexibility index (Phi) is 5.00. The predicted octanol–water partition coefficient (Wildman–Crippen LogP) is 3.83. The van der Waals surface area contributed by atoms with Crippen molar-refractivity contribution in [1.82, 2.24) is 5.32 Å². The molecule has 1 saturated heterocycles. The molecule has 0 unspecified atom stereocenters. The summed E-state index contributed by atoms with van der Waals surface area (Å²) < 4.78 is 28.2. The maximum atomic E-state index is 12.7. The smallest absolute Gasteiger partial charge is 0.261 e. The number of hydrogen-bond acceptors (Lipinski definition) is 3. The van der Waals surface area contributed by atoms with Crippen molar-refractivity contribution in [3.05, 3.63) is 59.2 Å². The molecular formula is C21H26N2O2S. The van der Waals surface area contributed by atoms with Gasteiger partial charge in [-0.15, -0.1) is 0 Å². The first-order chi connectivity index (χ1) is 12.6. The number of anilines is 1. The summed E-state index contributed by atoms with van der Waals surface area (Å²) in [4.78, 5) is 0.327. The van der Waals surface area contributed by atoms with E-state index < -0.39 is 10.0 Å². The van der Waals surface area contributed by atoms with Crippen molar-refractivity contribution in [2.45, 2.75) is 49.3 Å². The molecule has 0 amide bonds. The Morgan fingerprint density at radius 1 is 0.885 bits per heavy atom. The molecule has 2 aromatic rings. The van der Waals surface area contributed by atoms with E-state index in [0.717, 1.165) is 38.8 Å². The third kappa shape index (κ3) is 3.79. The van der Waals surface area contributed by atoms with E-state index in [4.69, 9.17) is 0 Å². The van der Waals surface area contributed by atoms with Crippen LogP contribution in [0.2, 0.25) is 0 Å². The lowest BCUT2D eigenvalue weighted by molar-refractivity contribution is 0.460. The van der Waals surface area contributed by atoms with Crippen molar-refractivity contribution in [3.63, 3.8) is 0 Å². The number of hydrogen-bond donors (Lipinski definition) is 2. The van der Waals surface area contributed by atoms with Gasteiger partial charge in [0.25, 0.3) is 10.0 Å². The Morgan fingerprint density at radius 2 is 1.58 bits per heavy atom. The highest BCUT2D eigenvalue weighted by Crippen LogP contribution is 2.28. The Morgan fingerprint density at radius 3 is 2.31 bits per heavy atom. The molecule has 0 aromatic heterocycles. The lowest BCUT2D eigenvalue weighted by Gasteiger charge is -2.23. The van der Waals surface area contributed by atoms with Gasteiger partial charge in [0.05, 0.1) is 4.90 Å². The Labute approximate surface area is 156 Å². The van der Waals surface area contributed by atoms with E-state index in [1.165, 1.54) is 29.5 Å². The lowest BCUT2D eigenvalue weighted by atomic mass is 9.90. The van der Waals surface area contributed by atoms with E-state index >= 15 is 0 Å². The molecule has 1 aliphatic heterocycles. The molecule has 0 saturated carbocycles. The average Bonchev–Trinajstić information content (AvgIpc) is 2.68. The van der Waals surface area contributed by atoms with Gasteiger partial charge in [0.15, 0.2) is 0 Å². The summed E-state index contributed by atoms with van der Waals surface area (Å²) in [6.45, 7) is 2.06. The zero-order valence-corrected chi connectivity index (χ0v) is 15.8. The summed E-state index contributed by atoms with van der Waals surface area (Å²) in [6, 6.07) is 13.3. The van der Waals surface area contributed by atoms with Gasteiger partial charge in [-0.2, -0.15) is 0 Å². The largest absolute Gasteiger partial charge is 0.317 e. The standard InChI is InChI=1S/C21H26N2O2S/c24-26(25,23-20-8-5-16-3-1-2-4-19(16)15-20)21-9-6-17(7-10-21)18-11-13-22-14-12-18/h5-10,15,18,22-23H,1-4,11-14H2. The predicted molar refractivity (Wildman–Crippen MR) is 105 cm³/mol. The van der Waals surface area contributed by atoms with E-state index in [9.17, 15) is 8.42 Å². The second-order valence-electron chi connectivity index (χ2n) is 7.39. The molecule has 1 heterocycles. The minimum absolute atomic E-state index is 0.327. The molecule has 4 nitrogen and oxygen atoms in total. The summed E-state index contributed by atoms with van der Waals surface area (Å²) in [5.41, 5.74) is 4.52. The fraction of sp³-hybridized carbons (Fsp3) is 0.429. The van der Waals surface area contributed by atoms with Gasteiger partial charge in [-0.25, -0.2) is 8.42 Å². The summed E-state index contributed by atoms with van der Waals surface area (Å²) in [6.07, 6.45) is 6.76. The van der Waals surface area contributed by atoms with Crippen LogP contribution >= 0.6 is 0 Å². The molecule has 0 bridgehead atoms. The van der Waals surface area contributed by atoms with Crippen LogP contribution in [0.4, 0.5) is 5.69 Å². The van der Waals surface area contributed by atoms with Crippen molar-refractivity contribution in [2.75, 3.05) is 17.8 Å². The molecule has 0 radical (unpaired) electrons. The minimum atomic E-state index is -3.55. The van der Waals surface area contributed by atoms with Crippen LogP contribution in [0.3, 0.4) is 0 Å². The highest BCUT2D eigenvalue weighted by Gasteiger charge is 2.19. The number of benzene rings is 2. The van der Waals surface area contributed by atoms with Gasteiger partial charge in [-0.05, 0) is 98.5 Å². The number of sulfonamides is 1. The minimum Gasteiger partial charge on any atom is -0.317 e. The molecule has 0 spiro atoms. The van der Waals surface area contributed by atoms with Crippen LogP contribution in [0.15, 0.2) is 47.4 Å². The van der Waals surface area contributed by atoms with Crippen LogP contribution in [-0.2, 0) is 22.9 Å². The first-order valence-corrected chi connectivity index (χ1v) is 11.1. The van der Waals surface area contributed by atoms with Crippen LogP contribution in [0.25, 0.3) is 0 Å². The number of nitrogens with one attached hydrogen (secondary N) is 2. The van der Waals surface area contributed by atoms with Crippen molar-refractivity contribution < 1.29 is 8.42 Å². The number of aryl methyl sites for hydroxylation is 2. The Hall–Kier alpha value is -1.85. The maximum Gasteiger partial charge on any atom is 0.261 e. The van der Waals surface area contributed by atoms with Crippen LogP contribution < -0.4 is 10.0 Å². The molecule has 1 fully saturated rings. The molecule has 1 aliphatic carbocycles. The fourth-order valence-corrected chi connectivity index (χ4v) is 5.13. The second kappa shape index (κ2) is 7.41. The maximum absolute atomic E-state index is 12.7. The third-order valence-electron chi connectivity index (χ3n) is 5.60. The van der Waals surface area contributed by atoms with Crippen LogP contribution in [0.5, 0.6) is 0 Å². The fourth-order valence-electron chi connectivity index (χ4n) is 4.09. The van der Waals surface area contributed by atoms with Gasteiger partial charge in [-0.3, -0.25) is 4.72 Å². The van der Waals surface area contributed by atoms with E-state index in [1.807, 2.05) is 24.3 Å². The Balaban J connectivity index is 1.51. The summed E-state index contributed by atoms with van der Waals surface area (Å²) in [5.74, 6) is 0.529. The molecule has 2 aromatic carbocycles. The van der Waals surface area contributed by atoms with E-state index in [-0.39, 0.29) is 0 Å². The molecule has 2 aliphatic rings. The highest BCUT2D eigenvalue weighted by molar-refractivity contribution is 7.92. The van der Waals surface area contributed by atoms with Gasteiger partial charge in [0.2, 0.25) is 0 Å². The van der Waals surface area contributed by atoms with Crippen molar-refractivity contribution in [2.24, 2.45) is 0 Å². The molecular weight excluding hydrogens is 344 g/mol. The average molecular weight is 371 g/mol. The highest BCUT2D eigenvalue weighted by atomic mass is 32.2. The normalized spacial score (nSPS) is 18.3. The summed E-state index contributed by atoms with van der Waals surface area (Å²) in [7, 11) is -3.55. The SMILES string of the molecule is O=S(=O)(Nc1ccc2c(c1)CCCC2)c1ccc(C2CCNCC2)cc1. The van der Waals surface area contributed by atoms with Crippen molar-refractivity contribution in [1.29, 1.82) is 0 Å². The molecule has 5 heteroatoms. The first-order valence-electron chi connectivity index (χ1n) is 9.57. The number of rotatable bonds is 4. The van der Waals surface area contributed by atoms with Crippen LogP contribution in [-0.4, -0.2) is 21.5 Å². The molecule has 26 heavy (non-hydrogen) atoms. The van der Waals surface area contributed by atoms with Gasteiger partial charge in [-0.1, -0.05) is 18.2 Å². The Bertz CT molecular complexity index is 869. The van der Waals surface area contributed by atoms with Crippen LogP contribution in [0, 0.1) is 0 Å². The summed E-state index contributed by atoms with van der Waals surface area (Å²) in [5, 5.41) is 3.36.